The van der Waals surface area contributed by atoms with Crippen LogP contribution in [0.25, 0.3) is 0 Å². The van der Waals surface area contributed by atoms with Gasteiger partial charge in [0.05, 0.1) is 0 Å². The number of aromatic nitrogens is 1. The largest absolute Gasteiger partial charge is 0.476 e. The minimum Gasteiger partial charge on any atom is -0.476 e. The molecule has 1 heterocycles. The molecule has 3 fully saturated rings. The predicted octanol–water partition coefficient (Wildman–Crippen LogP) is 2.91. The Morgan fingerprint density at radius 2 is 2.29 bits per heavy atom. The number of hydrogen-bond donors (Lipinski definition) is 1. The lowest BCUT2D eigenvalue weighted by Gasteiger charge is -2.59. The van der Waals surface area contributed by atoms with Crippen molar-refractivity contribution in [2.45, 2.75) is 39.0 Å². The van der Waals surface area contributed by atoms with E-state index in [4.69, 9.17) is 9.63 Å². The first-order valence-electron chi connectivity index (χ1n) is 6.20. The van der Waals surface area contributed by atoms with Crippen molar-refractivity contribution in [2.24, 2.45) is 17.3 Å². The van der Waals surface area contributed by atoms with Gasteiger partial charge < -0.3 is 9.63 Å². The van der Waals surface area contributed by atoms with Crippen molar-refractivity contribution in [1.29, 1.82) is 0 Å². The van der Waals surface area contributed by atoms with Gasteiger partial charge in [-0.25, -0.2) is 4.79 Å². The van der Waals surface area contributed by atoms with Crippen LogP contribution in [0.1, 0.15) is 55.3 Å². The summed E-state index contributed by atoms with van der Waals surface area (Å²) in [4.78, 5) is 10.8. The van der Waals surface area contributed by atoms with Crippen molar-refractivity contribution in [3.8, 4) is 0 Å². The number of carboxylic acid groups (broad SMARTS) is 1. The van der Waals surface area contributed by atoms with Crippen LogP contribution in [0, 0.1) is 17.3 Å². The van der Waals surface area contributed by atoms with Gasteiger partial charge in [-0.2, -0.15) is 0 Å². The van der Waals surface area contributed by atoms with Crippen molar-refractivity contribution in [1.82, 2.24) is 5.16 Å². The van der Waals surface area contributed by atoms with Gasteiger partial charge in [0.25, 0.3) is 0 Å². The van der Waals surface area contributed by atoms with Crippen LogP contribution in [0.2, 0.25) is 0 Å². The summed E-state index contributed by atoms with van der Waals surface area (Å²) in [6.07, 6.45) is 3.57. The summed E-state index contributed by atoms with van der Waals surface area (Å²) in [6, 6.07) is 1.60. The summed E-state index contributed by atoms with van der Waals surface area (Å²) in [5, 5.41) is 12.5. The summed E-state index contributed by atoms with van der Waals surface area (Å²) >= 11 is 0. The molecule has 4 nitrogen and oxygen atoms in total. The third-order valence-corrected chi connectivity index (χ3v) is 4.97. The van der Waals surface area contributed by atoms with E-state index >= 15 is 0 Å². The molecule has 0 spiro atoms. The lowest BCUT2D eigenvalue weighted by atomic mass is 9.45. The maximum Gasteiger partial charge on any atom is 0.358 e. The van der Waals surface area contributed by atoms with Crippen LogP contribution in [0.15, 0.2) is 10.6 Å². The Kier molecular flexibility index (Phi) is 2.12. The molecule has 0 aliphatic heterocycles. The summed E-state index contributed by atoms with van der Waals surface area (Å²) in [5.74, 6) is 1.57. The Hall–Kier alpha value is -1.32. The highest BCUT2D eigenvalue weighted by molar-refractivity contribution is 5.85. The SMILES string of the molecule is CC1(C)C2CCC(c3cc(C(=O)O)no3)C1C2. The molecule has 1 aromatic rings. The zero-order chi connectivity index (χ0) is 12.2. The van der Waals surface area contributed by atoms with Crippen LogP contribution in [-0.2, 0) is 0 Å². The summed E-state index contributed by atoms with van der Waals surface area (Å²) in [6.45, 7) is 4.62. The van der Waals surface area contributed by atoms with Crippen LogP contribution in [-0.4, -0.2) is 16.2 Å². The van der Waals surface area contributed by atoms with E-state index in [0.29, 0.717) is 17.3 Å². The van der Waals surface area contributed by atoms with Gasteiger partial charge in [-0.3, -0.25) is 0 Å². The zero-order valence-corrected chi connectivity index (χ0v) is 10.1. The van der Waals surface area contributed by atoms with E-state index in [1.165, 1.54) is 12.8 Å². The van der Waals surface area contributed by atoms with Gasteiger partial charge in [0, 0.05) is 12.0 Å². The average molecular weight is 235 g/mol. The van der Waals surface area contributed by atoms with Crippen LogP contribution >= 0.6 is 0 Å². The van der Waals surface area contributed by atoms with E-state index in [1.807, 2.05) is 0 Å². The second kappa shape index (κ2) is 3.34. The molecule has 17 heavy (non-hydrogen) atoms. The summed E-state index contributed by atoms with van der Waals surface area (Å²) < 4.78 is 5.22. The maximum atomic E-state index is 10.8. The first kappa shape index (κ1) is 10.8. The number of aromatic carboxylic acids is 1. The van der Waals surface area contributed by atoms with Crippen LogP contribution in [0.3, 0.4) is 0 Å². The van der Waals surface area contributed by atoms with E-state index in [1.54, 1.807) is 6.07 Å². The molecular formula is C13H17NO3. The lowest BCUT2D eigenvalue weighted by molar-refractivity contribution is -0.0855. The average Bonchev–Trinajstić information content (AvgIpc) is 2.78. The molecule has 4 heteroatoms. The Labute approximate surface area is 100.0 Å². The maximum absolute atomic E-state index is 10.8. The second-order valence-electron chi connectivity index (χ2n) is 5.96. The highest BCUT2D eigenvalue weighted by atomic mass is 16.5. The molecule has 3 saturated carbocycles. The fourth-order valence-electron chi connectivity index (χ4n) is 3.72. The van der Waals surface area contributed by atoms with E-state index in [0.717, 1.165) is 18.1 Å². The fourth-order valence-corrected chi connectivity index (χ4v) is 3.72. The van der Waals surface area contributed by atoms with Crippen molar-refractivity contribution in [2.75, 3.05) is 0 Å². The van der Waals surface area contributed by atoms with Gasteiger partial charge in [0.15, 0.2) is 5.69 Å². The van der Waals surface area contributed by atoms with Crippen LogP contribution < -0.4 is 0 Å². The molecule has 92 valence electrons. The van der Waals surface area contributed by atoms with Gasteiger partial charge in [-0.05, 0) is 36.5 Å². The van der Waals surface area contributed by atoms with Crippen molar-refractivity contribution < 1.29 is 14.4 Å². The zero-order valence-electron chi connectivity index (χ0n) is 10.1. The van der Waals surface area contributed by atoms with Crippen molar-refractivity contribution in [3.63, 3.8) is 0 Å². The van der Waals surface area contributed by atoms with Crippen molar-refractivity contribution >= 4 is 5.97 Å². The van der Waals surface area contributed by atoms with E-state index in [9.17, 15) is 4.79 Å². The molecule has 3 unspecified atom stereocenters. The molecule has 0 amide bonds. The monoisotopic (exact) mass is 235 g/mol. The smallest absolute Gasteiger partial charge is 0.358 e. The topological polar surface area (TPSA) is 63.3 Å². The third-order valence-electron chi connectivity index (χ3n) is 4.97. The number of carboxylic acids is 1. The molecule has 3 aliphatic rings. The molecule has 0 saturated heterocycles. The molecule has 3 atom stereocenters. The normalized spacial score (nSPS) is 34.1. The fraction of sp³-hybridized carbons (Fsp3) is 0.692. The molecule has 0 aromatic carbocycles. The Balaban J connectivity index is 1.86. The highest BCUT2D eigenvalue weighted by Crippen LogP contribution is 2.63. The Bertz CT molecular complexity index is 461. The molecule has 4 rings (SSSR count). The molecule has 1 N–H and O–H groups in total. The summed E-state index contributed by atoms with van der Waals surface area (Å²) in [7, 11) is 0. The van der Waals surface area contributed by atoms with Crippen LogP contribution in [0.4, 0.5) is 0 Å². The standard InChI is InChI=1S/C13H17NO3/c1-13(2)7-3-4-8(9(13)5-7)11-6-10(12(15)16)14-17-11/h6-9H,3-5H2,1-2H3,(H,15,16). The van der Waals surface area contributed by atoms with Gasteiger partial charge >= 0.3 is 5.97 Å². The van der Waals surface area contributed by atoms with Gasteiger partial charge in [-0.1, -0.05) is 19.0 Å². The Morgan fingerprint density at radius 3 is 2.82 bits per heavy atom. The van der Waals surface area contributed by atoms with Crippen molar-refractivity contribution in [3.05, 3.63) is 17.5 Å². The highest BCUT2D eigenvalue weighted by Gasteiger charge is 2.55. The van der Waals surface area contributed by atoms with Gasteiger partial charge in [0.2, 0.25) is 0 Å². The lowest BCUT2D eigenvalue weighted by Crippen LogP contribution is -2.51. The minimum absolute atomic E-state index is 0.0271. The number of hydrogen-bond acceptors (Lipinski definition) is 3. The van der Waals surface area contributed by atoms with Crippen LogP contribution in [0.5, 0.6) is 0 Å². The third kappa shape index (κ3) is 1.43. The minimum atomic E-state index is -1.01. The van der Waals surface area contributed by atoms with Gasteiger partial charge in [0.1, 0.15) is 5.76 Å². The molecule has 0 radical (unpaired) electrons. The van der Waals surface area contributed by atoms with E-state index in [2.05, 4.69) is 19.0 Å². The number of fused-ring (bicyclic) bond motifs is 2. The first-order valence-corrected chi connectivity index (χ1v) is 6.20. The number of nitrogens with zero attached hydrogens (tertiary/aromatic N) is 1. The molecule has 2 bridgehead atoms. The second-order valence-corrected chi connectivity index (χ2v) is 5.96. The molecule has 1 aromatic heterocycles. The quantitative estimate of drug-likeness (QED) is 0.856. The van der Waals surface area contributed by atoms with E-state index < -0.39 is 5.97 Å². The number of rotatable bonds is 2. The first-order chi connectivity index (χ1) is 8.00. The number of carbonyl (C=O) groups is 1. The van der Waals surface area contributed by atoms with Gasteiger partial charge in [-0.15, -0.1) is 0 Å². The summed E-state index contributed by atoms with van der Waals surface area (Å²) in [5.41, 5.74) is 0.401. The predicted molar refractivity (Wildman–Crippen MR) is 60.8 cm³/mol. The molecular weight excluding hydrogens is 218 g/mol. The Morgan fingerprint density at radius 1 is 1.53 bits per heavy atom. The molecule has 3 aliphatic carbocycles. The van der Waals surface area contributed by atoms with E-state index in [-0.39, 0.29) is 5.69 Å².